The van der Waals surface area contributed by atoms with Crippen molar-refractivity contribution in [2.75, 3.05) is 38.2 Å². The van der Waals surface area contributed by atoms with Gasteiger partial charge in [0.15, 0.2) is 0 Å². The lowest BCUT2D eigenvalue weighted by atomic mass is 10.1. The van der Waals surface area contributed by atoms with Crippen LogP contribution in [0, 0.1) is 0 Å². The molecule has 0 aromatic carbocycles. The van der Waals surface area contributed by atoms with Gasteiger partial charge in [-0.25, -0.2) is 0 Å². The number of piperazine rings is 1. The summed E-state index contributed by atoms with van der Waals surface area (Å²) in [6.45, 7) is 8.38. The van der Waals surface area contributed by atoms with E-state index < -0.39 is 0 Å². The highest BCUT2D eigenvalue weighted by Gasteiger charge is 2.15. The van der Waals surface area contributed by atoms with Gasteiger partial charge in [0, 0.05) is 31.7 Å². The molecule has 0 amide bonds. The molecule has 0 aliphatic carbocycles. The number of anilines is 1. The summed E-state index contributed by atoms with van der Waals surface area (Å²) in [6, 6.07) is 4.23. The Morgan fingerprint density at radius 1 is 1.29 bits per heavy atom. The van der Waals surface area contributed by atoms with Crippen LogP contribution in [0.15, 0.2) is 12.1 Å². The Balaban J connectivity index is 2.24. The Morgan fingerprint density at radius 2 is 2.00 bits per heavy atom. The van der Waals surface area contributed by atoms with Crippen LogP contribution in [-0.4, -0.2) is 38.3 Å². The van der Waals surface area contributed by atoms with Crippen LogP contribution in [0.3, 0.4) is 0 Å². The van der Waals surface area contributed by atoms with Crippen LogP contribution in [0.4, 0.5) is 5.82 Å². The summed E-state index contributed by atoms with van der Waals surface area (Å²) in [6.07, 6.45) is 0. The Labute approximate surface area is 103 Å². The number of nitrogens with zero attached hydrogens (tertiary/aromatic N) is 2. The van der Waals surface area contributed by atoms with E-state index in [1.165, 1.54) is 5.56 Å². The summed E-state index contributed by atoms with van der Waals surface area (Å²) in [4.78, 5) is 6.91. The van der Waals surface area contributed by atoms with E-state index in [4.69, 9.17) is 4.74 Å². The van der Waals surface area contributed by atoms with Crippen molar-refractivity contribution in [3.05, 3.63) is 17.7 Å². The van der Waals surface area contributed by atoms with Gasteiger partial charge in [0.25, 0.3) is 0 Å². The summed E-state index contributed by atoms with van der Waals surface area (Å²) in [5, 5.41) is 3.34. The van der Waals surface area contributed by atoms with Gasteiger partial charge in [-0.15, -0.1) is 0 Å². The summed E-state index contributed by atoms with van der Waals surface area (Å²) in [7, 11) is 1.69. The second kappa shape index (κ2) is 5.36. The van der Waals surface area contributed by atoms with E-state index in [9.17, 15) is 0 Å². The van der Waals surface area contributed by atoms with Crippen molar-refractivity contribution in [1.82, 2.24) is 10.3 Å². The van der Waals surface area contributed by atoms with E-state index in [1.807, 2.05) is 0 Å². The van der Waals surface area contributed by atoms with E-state index in [1.54, 1.807) is 7.11 Å². The Bertz CT molecular complexity index is 373. The highest BCUT2D eigenvalue weighted by molar-refractivity contribution is 5.45. The third-order valence-electron chi connectivity index (χ3n) is 3.13. The zero-order chi connectivity index (χ0) is 12.3. The highest BCUT2D eigenvalue weighted by Crippen LogP contribution is 2.27. The Morgan fingerprint density at radius 3 is 2.59 bits per heavy atom. The number of rotatable bonds is 3. The van der Waals surface area contributed by atoms with Crippen LogP contribution in [0.2, 0.25) is 0 Å². The molecule has 94 valence electrons. The quantitative estimate of drug-likeness (QED) is 0.864. The standard InChI is InChI=1S/C13H21N3O/c1-10(2)11-4-5-12(15-13(11)17-3)16-8-6-14-7-9-16/h4-5,10,14H,6-9H2,1-3H3. The normalized spacial score (nSPS) is 16.4. The summed E-state index contributed by atoms with van der Waals surface area (Å²) in [5.41, 5.74) is 1.17. The molecule has 1 aliphatic rings. The van der Waals surface area contributed by atoms with Crippen molar-refractivity contribution in [3.63, 3.8) is 0 Å². The van der Waals surface area contributed by atoms with Gasteiger partial charge >= 0.3 is 0 Å². The molecule has 0 radical (unpaired) electrons. The van der Waals surface area contributed by atoms with Crippen molar-refractivity contribution in [2.24, 2.45) is 0 Å². The second-order valence-electron chi connectivity index (χ2n) is 4.66. The Hall–Kier alpha value is -1.29. The molecule has 0 atom stereocenters. The van der Waals surface area contributed by atoms with Crippen molar-refractivity contribution < 1.29 is 4.74 Å². The van der Waals surface area contributed by atoms with E-state index in [-0.39, 0.29) is 0 Å². The number of hydrogen-bond donors (Lipinski definition) is 1. The molecule has 0 spiro atoms. The van der Waals surface area contributed by atoms with Gasteiger partial charge in [-0.05, 0) is 18.1 Å². The highest BCUT2D eigenvalue weighted by atomic mass is 16.5. The fraction of sp³-hybridized carbons (Fsp3) is 0.615. The number of aromatic nitrogens is 1. The SMILES string of the molecule is COc1nc(N2CCNCC2)ccc1C(C)C. The molecule has 17 heavy (non-hydrogen) atoms. The van der Waals surface area contributed by atoms with Crippen LogP contribution < -0.4 is 15.0 Å². The molecule has 1 aromatic rings. The van der Waals surface area contributed by atoms with Crippen LogP contribution in [0.25, 0.3) is 0 Å². The lowest BCUT2D eigenvalue weighted by Gasteiger charge is -2.29. The topological polar surface area (TPSA) is 37.4 Å². The molecule has 4 nitrogen and oxygen atoms in total. The van der Waals surface area contributed by atoms with Crippen molar-refractivity contribution >= 4 is 5.82 Å². The minimum atomic E-state index is 0.439. The molecule has 2 rings (SSSR count). The summed E-state index contributed by atoms with van der Waals surface area (Å²) in [5.74, 6) is 2.22. The minimum Gasteiger partial charge on any atom is -0.481 e. The van der Waals surface area contributed by atoms with Gasteiger partial charge < -0.3 is 15.0 Å². The largest absolute Gasteiger partial charge is 0.481 e. The third kappa shape index (κ3) is 2.69. The number of pyridine rings is 1. The molecule has 1 aromatic heterocycles. The van der Waals surface area contributed by atoms with E-state index in [0.717, 1.165) is 37.9 Å². The van der Waals surface area contributed by atoms with Crippen LogP contribution in [0.1, 0.15) is 25.3 Å². The number of nitrogens with one attached hydrogen (secondary N) is 1. The first kappa shape index (κ1) is 12.2. The molecule has 0 unspecified atom stereocenters. The van der Waals surface area contributed by atoms with Gasteiger partial charge in [-0.3, -0.25) is 0 Å². The predicted octanol–water partition coefficient (Wildman–Crippen LogP) is 1.62. The first-order valence-electron chi connectivity index (χ1n) is 6.23. The monoisotopic (exact) mass is 235 g/mol. The fourth-order valence-electron chi connectivity index (χ4n) is 2.11. The summed E-state index contributed by atoms with van der Waals surface area (Å²) < 4.78 is 5.38. The average molecular weight is 235 g/mol. The average Bonchev–Trinajstić information content (AvgIpc) is 2.39. The van der Waals surface area contributed by atoms with Crippen molar-refractivity contribution in [3.8, 4) is 5.88 Å². The molecule has 1 aliphatic heterocycles. The van der Waals surface area contributed by atoms with Crippen molar-refractivity contribution in [1.29, 1.82) is 0 Å². The minimum absolute atomic E-state index is 0.439. The zero-order valence-electron chi connectivity index (χ0n) is 10.9. The van der Waals surface area contributed by atoms with E-state index >= 15 is 0 Å². The predicted molar refractivity (Wildman–Crippen MR) is 70.0 cm³/mol. The molecular weight excluding hydrogens is 214 g/mol. The molecule has 0 saturated carbocycles. The number of hydrogen-bond acceptors (Lipinski definition) is 4. The number of methoxy groups -OCH3 is 1. The molecule has 2 heterocycles. The van der Waals surface area contributed by atoms with E-state index in [0.29, 0.717) is 5.92 Å². The fourth-order valence-corrected chi connectivity index (χ4v) is 2.11. The molecule has 1 saturated heterocycles. The van der Waals surface area contributed by atoms with Crippen LogP contribution in [0.5, 0.6) is 5.88 Å². The smallest absolute Gasteiger partial charge is 0.218 e. The van der Waals surface area contributed by atoms with Gasteiger partial charge in [0.2, 0.25) is 5.88 Å². The van der Waals surface area contributed by atoms with Gasteiger partial charge in [-0.2, -0.15) is 4.98 Å². The zero-order valence-corrected chi connectivity index (χ0v) is 10.9. The maximum atomic E-state index is 5.38. The molecule has 1 fully saturated rings. The van der Waals surface area contributed by atoms with Crippen LogP contribution in [-0.2, 0) is 0 Å². The van der Waals surface area contributed by atoms with Crippen molar-refractivity contribution in [2.45, 2.75) is 19.8 Å². The molecule has 4 heteroatoms. The number of ether oxygens (including phenoxy) is 1. The molecule has 1 N–H and O–H groups in total. The lowest BCUT2D eigenvalue weighted by Crippen LogP contribution is -2.43. The maximum absolute atomic E-state index is 5.38. The first-order valence-corrected chi connectivity index (χ1v) is 6.23. The maximum Gasteiger partial charge on any atom is 0.218 e. The van der Waals surface area contributed by atoms with E-state index in [2.05, 4.69) is 41.2 Å². The van der Waals surface area contributed by atoms with Gasteiger partial charge in [0.1, 0.15) is 5.82 Å². The van der Waals surface area contributed by atoms with Gasteiger partial charge in [-0.1, -0.05) is 13.8 Å². The molecule has 0 bridgehead atoms. The second-order valence-corrected chi connectivity index (χ2v) is 4.66. The third-order valence-corrected chi connectivity index (χ3v) is 3.13. The lowest BCUT2D eigenvalue weighted by molar-refractivity contribution is 0.390. The first-order chi connectivity index (χ1) is 8.22. The summed E-state index contributed by atoms with van der Waals surface area (Å²) >= 11 is 0. The van der Waals surface area contributed by atoms with Crippen LogP contribution >= 0.6 is 0 Å². The van der Waals surface area contributed by atoms with Gasteiger partial charge in [0.05, 0.1) is 7.11 Å². The Kier molecular flexibility index (Phi) is 3.84. The molecular formula is C13H21N3O.